The minimum absolute atomic E-state index is 0.652. The van der Waals surface area contributed by atoms with Crippen molar-refractivity contribution in [2.24, 2.45) is 9.98 Å². The smallest absolute Gasteiger partial charge is 0.159 e. The van der Waals surface area contributed by atoms with Gasteiger partial charge < -0.3 is 5.32 Å². The minimum Gasteiger partial charge on any atom is -0.355 e. The summed E-state index contributed by atoms with van der Waals surface area (Å²) >= 11 is 0. The molecule has 0 unspecified atom stereocenters. The highest BCUT2D eigenvalue weighted by atomic mass is 14.9. The minimum atomic E-state index is 0.652. The molecule has 50 heavy (non-hydrogen) atoms. The van der Waals surface area contributed by atoms with E-state index in [0.29, 0.717) is 5.84 Å². The van der Waals surface area contributed by atoms with Crippen LogP contribution in [0.15, 0.2) is 211 Å². The molecular formula is C47H39N3. The quantitative estimate of drug-likeness (QED) is 0.130. The summed E-state index contributed by atoms with van der Waals surface area (Å²) in [6, 6.07) is 64.5. The first kappa shape index (κ1) is 33.3. The van der Waals surface area contributed by atoms with E-state index in [4.69, 9.17) is 4.99 Å². The van der Waals surface area contributed by atoms with E-state index in [1.165, 1.54) is 27.8 Å². The van der Waals surface area contributed by atoms with Gasteiger partial charge >= 0.3 is 0 Å². The summed E-state index contributed by atoms with van der Waals surface area (Å²) < 4.78 is 0. The van der Waals surface area contributed by atoms with Crippen LogP contribution in [0.4, 0.5) is 17.1 Å². The van der Waals surface area contributed by atoms with Crippen molar-refractivity contribution in [2.45, 2.75) is 6.92 Å². The lowest BCUT2D eigenvalue weighted by Gasteiger charge is -2.13. The molecule has 7 aromatic carbocycles. The lowest BCUT2D eigenvalue weighted by Crippen LogP contribution is -1.96. The number of para-hydroxylation sites is 1. The van der Waals surface area contributed by atoms with Crippen molar-refractivity contribution in [1.29, 1.82) is 0 Å². The molecule has 7 rings (SSSR count). The number of aliphatic imine (C=N–C) groups is 2. The molecule has 0 fully saturated rings. The Morgan fingerprint density at radius 2 is 0.980 bits per heavy atom. The standard InChI is InChI=1S/C34H27N3.C13H12/c1-2-25-35-34(29-13-7-4-8-14-29)37-31-23-19-27(20-24-31)26-17-21-30(22-18-26)36-33-16-10-9-15-32(33)28-11-5-3-6-12-28;1-11-7-9-13(10-8-11)12-5-3-2-4-6-12/h2-25,36H,1H2;2-10H,1H3. The van der Waals surface area contributed by atoms with Crippen LogP contribution in [-0.4, -0.2) is 12.1 Å². The second-order valence-electron chi connectivity index (χ2n) is 11.7. The molecule has 1 N–H and O–H groups in total. The van der Waals surface area contributed by atoms with Crippen LogP contribution in [0, 0.1) is 6.92 Å². The molecule has 242 valence electrons. The Hall–Kier alpha value is -6.58. The van der Waals surface area contributed by atoms with Gasteiger partial charge in [0.15, 0.2) is 5.84 Å². The fourth-order valence-corrected chi connectivity index (χ4v) is 5.47. The zero-order chi connectivity index (χ0) is 34.4. The van der Waals surface area contributed by atoms with Crippen molar-refractivity contribution in [3.05, 3.63) is 212 Å². The van der Waals surface area contributed by atoms with Gasteiger partial charge in [0.25, 0.3) is 0 Å². The summed E-state index contributed by atoms with van der Waals surface area (Å²) in [6.07, 6.45) is 3.31. The van der Waals surface area contributed by atoms with Crippen LogP contribution in [-0.2, 0) is 0 Å². The number of hydrogen-bond donors (Lipinski definition) is 1. The number of allylic oxidation sites excluding steroid dienone is 1. The van der Waals surface area contributed by atoms with Crippen LogP contribution in [0.5, 0.6) is 0 Å². The molecule has 0 aliphatic heterocycles. The molecule has 0 aliphatic rings. The average Bonchev–Trinajstić information content (AvgIpc) is 3.19. The Labute approximate surface area is 295 Å². The van der Waals surface area contributed by atoms with Crippen LogP contribution in [0.2, 0.25) is 0 Å². The van der Waals surface area contributed by atoms with Crippen molar-refractivity contribution >= 4 is 29.1 Å². The molecular weight excluding hydrogens is 607 g/mol. The number of aryl methyl sites for hydroxylation is 1. The van der Waals surface area contributed by atoms with Gasteiger partial charge in [0.1, 0.15) is 0 Å². The van der Waals surface area contributed by atoms with Crippen molar-refractivity contribution in [3.63, 3.8) is 0 Å². The van der Waals surface area contributed by atoms with Crippen LogP contribution < -0.4 is 5.32 Å². The van der Waals surface area contributed by atoms with E-state index in [2.05, 4.69) is 157 Å². The van der Waals surface area contributed by atoms with Gasteiger partial charge in [-0.05, 0) is 65.1 Å². The van der Waals surface area contributed by atoms with E-state index < -0.39 is 0 Å². The number of hydrogen-bond acceptors (Lipinski definition) is 2. The topological polar surface area (TPSA) is 36.8 Å². The molecule has 3 nitrogen and oxygen atoms in total. The lowest BCUT2D eigenvalue weighted by atomic mass is 10.0. The number of rotatable bonds is 8. The molecule has 7 aromatic rings. The van der Waals surface area contributed by atoms with Crippen molar-refractivity contribution in [1.82, 2.24) is 0 Å². The average molecular weight is 646 g/mol. The van der Waals surface area contributed by atoms with Gasteiger partial charge in [0.2, 0.25) is 0 Å². The summed E-state index contributed by atoms with van der Waals surface area (Å²) in [5, 5.41) is 3.57. The number of anilines is 2. The molecule has 0 amide bonds. The third kappa shape index (κ3) is 9.06. The fourth-order valence-electron chi connectivity index (χ4n) is 5.47. The Kier molecular flexibility index (Phi) is 11.3. The maximum absolute atomic E-state index is 4.76. The van der Waals surface area contributed by atoms with Gasteiger partial charge in [0, 0.05) is 28.7 Å². The first-order valence-electron chi connectivity index (χ1n) is 16.7. The maximum atomic E-state index is 4.76. The number of benzene rings is 7. The molecule has 0 bridgehead atoms. The third-order valence-corrected chi connectivity index (χ3v) is 8.10. The second kappa shape index (κ2) is 17.0. The summed E-state index contributed by atoms with van der Waals surface area (Å²) in [5.41, 5.74) is 12.4. The van der Waals surface area contributed by atoms with Gasteiger partial charge in [0.05, 0.1) is 5.69 Å². The van der Waals surface area contributed by atoms with E-state index in [0.717, 1.165) is 33.8 Å². The molecule has 0 spiro atoms. The van der Waals surface area contributed by atoms with Crippen molar-refractivity contribution < 1.29 is 0 Å². The van der Waals surface area contributed by atoms with Crippen LogP contribution in [0.25, 0.3) is 33.4 Å². The SMILES string of the molecule is C=CC=NC(=Nc1ccc(-c2ccc(Nc3ccccc3-c3ccccc3)cc2)cc1)c1ccccc1.Cc1ccc(-c2ccccc2)cc1. The number of nitrogens with zero attached hydrogens (tertiary/aromatic N) is 2. The second-order valence-corrected chi connectivity index (χ2v) is 11.7. The third-order valence-electron chi connectivity index (χ3n) is 8.10. The largest absolute Gasteiger partial charge is 0.355 e. The van der Waals surface area contributed by atoms with Crippen molar-refractivity contribution in [2.75, 3.05) is 5.32 Å². The van der Waals surface area contributed by atoms with E-state index >= 15 is 0 Å². The van der Waals surface area contributed by atoms with E-state index in [1.54, 1.807) is 12.3 Å². The molecule has 3 heteroatoms. The normalized spacial score (nSPS) is 11.0. The van der Waals surface area contributed by atoms with E-state index in [1.807, 2.05) is 54.6 Å². The van der Waals surface area contributed by atoms with Crippen LogP contribution in [0.1, 0.15) is 11.1 Å². The Morgan fingerprint density at radius 1 is 0.500 bits per heavy atom. The molecule has 0 radical (unpaired) electrons. The summed E-state index contributed by atoms with van der Waals surface area (Å²) in [5.74, 6) is 0.652. The number of nitrogens with one attached hydrogen (secondary N) is 1. The van der Waals surface area contributed by atoms with E-state index in [-0.39, 0.29) is 0 Å². The first-order valence-corrected chi connectivity index (χ1v) is 16.7. The molecule has 0 aliphatic carbocycles. The lowest BCUT2D eigenvalue weighted by molar-refractivity contribution is 1.45. The number of amidine groups is 1. The molecule has 0 saturated heterocycles. The highest BCUT2D eigenvalue weighted by Gasteiger charge is 2.06. The maximum Gasteiger partial charge on any atom is 0.159 e. The summed E-state index contributed by atoms with van der Waals surface area (Å²) in [4.78, 5) is 9.21. The predicted molar refractivity (Wildman–Crippen MR) is 215 cm³/mol. The monoisotopic (exact) mass is 645 g/mol. The molecule has 0 atom stereocenters. The van der Waals surface area contributed by atoms with Gasteiger partial charge in [-0.3, -0.25) is 0 Å². The van der Waals surface area contributed by atoms with Gasteiger partial charge in [-0.1, -0.05) is 176 Å². The molecule has 0 heterocycles. The predicted octanol–water partition coefficient (Wildman–Crippen LogP) is 12.8. The highest BCUT2D eigenvalue weighted by Crippen LogP contribution is 2.31. The first-order chi connectivity index (χ1) is 24.7. The zero-order valence-corrected chi connectivity index (χ0v) is 28.2. The van der Waals surface area contributed by atoms with Gasteiger partial charge in [-0.25, -0.2) is 9.98 Å². The summed E-state index contributed by atoms with van der Waals surface area (Å²) in [7, 11) is 0. The Balaban J connectivity index is 0.000000278. The molecule has 0 saturated carbocycles. The van der Waals surface area contributed by atoms with Crippen LogP contribution >= 0.6 is 0 Å². The van der Waals surface area contributed by atoms with Gasteiger partial charge in [-0.15, -0.1) is 0 Å². The van der Waals surface area contributed by atoms with Crippen molar-refractivity contribution in [3.8, 4) is 33.4 Å². The molecule has 0 aromatic heterocycles. The Bertz CT molecular complexity index is 2150. The fraction of sp³-hybridized carbons (Fsp3) is 0.0213. The Morgan fingerprint density at radius 3 is 1.58 bits per heavy atom. The van der Waals surface area contributed by atoms with Crippen LogP contribution in [0.3, 0.4) is 0 Å². The van der Waals surface area contributed by atoms with Gasteiger partial charge in [-0.2, -0.15) is 0 Å². The zero-order valence-electron chi connectivity index (χ0n) is 28.2. The highest BCUT2D eigenvalue weighted by molar-refractivity contribution is 6.05. The van der Waals surface area contributed by atoms with E-state index in [9.17, 15) is 0 Å². The summed E-state index contributed by atoms with van der Waals surface area (Å²) in [6.45, 7) is 5.82.